The Morgan fingerprint density at radius 2 is 1.90 bits per heavy atom. The van der Waals surface area contributed by atoms with Crippen LogP contribution in [-0.4, -0.2) is 37.0 Å². The Kier molecular flexibility index (Phi) is 7.73. The second-order valence-electron chi connectivity index (χ2n) is 4.73. The molecule has 1 aromatic rings. The summed E-state index contributed by atoms with van der Waals surface area (Å²) in [5.41, 5.74) is 0.810. The second-order valence-corrected chi connectivity index (χ2v) is 4.73. The van der Waals surface area contributed by atoms with Crippen molar-refractivity contribution in [3.05, 3.63) is 24.3 Å². The highest BCUT2D eigenvalue weighted by molar-refractivity contribution is 5.92. The molecule has 112 valence electrons. The maximum absolute atomic E-state index is 12.0. The zero-order chi connectivity index (χ0) is 14.8. The van der Waals surface area contributed by atoms with E-state index in [4.69, 9.17) is 4.74 Å². The van der Waals surface area contributed by atoms with Crippen LogP contribution < -0.4 is 10.1 Å². The van der Waals surface area contributed by atoms with Crippen molar-refractivity contribution in [1.82, 2.24) is 4.90 Å². The van der Waals surface area contributed by atoms with Crippen LogP contribution in [-0.2, 0) is 4.79 Å². The van der Waals surface area contributed by atoms with Gasteiger partial charge in [0.15, 0.2) is 0 Å². The molecule has 1 N–H and O–H groups in total. The molecule has 1 amide bonds. The highest BCUT2D eigenvalue weighted by Crippen LogP contribution is 2.15. The molecule has 1 aromatic carbocycles. The molecule has 0 aromatic heterocycles. The minimum Gasteiger partial charge on any atom is -0.494 e. The Bertz CT molecular complexity index is 390. The van der Waals surface area contributed by atoms with E-state index in [0.29, 0.717) is 13.2 Å². The molecule has 0 saturated heterocycles. The van der Waals surface area contributed by atoms with E-state index in [2.05, 4.69) is 24.1 Å². The molecule has 1 rings (SSSR count). The zero-order valence-corrected chi connectivity index (χ0v) is 12.8. The van der Waals surface area contributed by atoms with Gasteiger partial charge in [0.25, 0.3) is 0 Å². The Hall–Kier alpha value is -1.55. The number of hydrogen-bond acceptors (Lipinski definition) is 3. The standard InChI is InChI=1S/C16H26N2O2/c1-4-7-12-18(5-2)13-16(19)17-14-8-10-15(11-9-14)20-6-3/h8-11H,4-7,12-13H2,1-3H3,(H,17,19). The van der Waals surface area contributed by atoms with E-state index in [-0.39, 0.29) is 5.91 Å². The van der Waals surface area contributed by atoms with Gasteiger partial charge in [0.1, 0.15) is 5.75 Å². The summed E-state index contributed by atoms with van der Waals surface area (Å²) in [6.45, 7) is 9.16. The van der Waals surface area contributed by atoms with Crippen LogP contribution in [0.5, 0.6) is 5.75 Å². The third-order valence-corrected chi connectivity index (χ3v) is 3.09. The first kappa shape index (κ1) is 16.5. The van der Waals surface area contributed by atoms with Gasteiger partial charge in [0.05, 0.1) is 13.2 Å². The van der Waals surface area contributed by atoms with Crippen LogP contribution in [0.1, 0.15) is 33.6 Å². The molecule has 0 aliphatic heterocycles. The zero-order valence-electron chi connectivity index (χ0n) is 12.8. The van der Waals surface area contributed by atoms with Gasteiger partial charge in [0, 0.05) is 5.69 Å². The van der Waals surface area contributed by atoms with E-state index >= 15 is 0 Å². The predicted octanol–water partition coefficient (Wildman–Crippen LogP) is 3.15. The molecule has 4 nitrogen and oxygen atoms in total. The number of hydrogen-bond donors (Lipinski definition) is 1. The fourth-order valence-corrected chi connectivity index (χ4v) is 1.94. The predicted molar refractivity (Wildman–Crippen MR) is 83.3 cm³/mol. The number of ether oxygens (including phenoxy) is 1. The lowest BCUT2D eigenvalue weighted by atomic mass is 10.3. The number of amides is 1. The van der Waals surface area contributed by atoms with E-state index in [1.807, 2.05) is 31.2 Å². The summed E-state index contributed by atoms with van der Waals surface area (Å²) in [6, 6.07) is 7.47. The van der Waals surface area contributed by atoms with Crippen LogP contribution >= 0.6 is 0 Å². The first-order chi connectivity index (χ1) is 9.69. The molecular weight excluding hydrogens is 252 g/mol. The number of carbonyl (C=O) groups excluding carboxylic acids is 1. The lowest BCUT2D eigenvalue weighted by Crippen LogP contribution is -2.33. The minimum atomic E-state index is 0.0344. The second kappa shape index (κ2) is 9.37. The maximum Gasteiger partial charge on any atom is 0.238 e. The Morgan fingerprint density at radius 3 is 2.45 bits per heavy atom. The van der Waals surface area contributed by atoms with Crippen molar-refractivity contribution >= 4 is 11.6 Å². The van der Waals surface area contributed by atoms with Crippen LogP contribution in [0.25, 0.3) is 0 Å². The lowest BCUT2D eigenvalue weighted by molar-refractivity contribution is -0.117. The third kappa shape index (κ3) is 6.06. The summed E-state index contributed by atoms with van der Waals surface area (Å²) in [4.78, 5) is 14.1. The molecule has 20 heavy (non-hydrogen) atoms. The van der Waals surface area contributed by atoms with Gasteiger partial charge in [-0.3, -0.25) is 9.69 Å². The fourth-order valence-electron chi connectivity index (χ4n) is 1.94. The van der Waals surface area contributed by atoms with Gasteiger partial charge in [-0.05, 0) is 50.7 Å². The van der Waals surface area contributed by atoms with E-state index in [9.17, 15) is 4.79 Å². The Balaban J connectivity index is 2.44. The van der Waals surface area contributed by atoms with Crippen molar-refractivity contribution in [2.45, 2.75) is 33.6 Å². The molecule has 0 radical (unpaired) electrons. The first-order valence-corrected chi connectivity index (χ1v) is 7.44. The lowest BCUT2D eigenvalue weighted by Gasteiger charge is -2.19. The number of carbonyl (C=O) groups is 1. The smallest absolute Gasteiger partial charge is 0.238 e. The quantitative estimate of drug-likeness (QED) is 0.754. The van der Waals surface area contributed by atoms with Crippen molar-refractivity contribution in [3.8, 4) is 5.75 Å². The van der Waals surface area contributed by atoms with E-state index in [1.54, 1.807) is 0 Å². The monoisotopic (exact) mass is 278 g/mol. The number of anilines is 1. The van der Waals surface area contributed by atoms with Crippen LogP contribution in [0.4, 0.5) is 5.69 Å². The average molecular weight is 278 g/mol. The topological polar surface area (TPSA) is 41.6 Å². The SMILES string of the molecule is CCCCN(CC)CC(=O)Nc1ccc(OCC)cc1. The summed E-state index contributed by atoms with van der Waals surface area (Å²) < 4.78 is 5.37. The molecule has 0 spiro atoms. The van der Waals surface area contributed by atoms with Crippen molar-refractivity contribution in [2.75, 3.05) is 31.6 Å². The van der Waals surface area contributed by atoms with Crippen molar-refractivity contribution < 1.29 is 9.53 Å². The summed E-state index contributed by atoms with van der Waals surface area (Å²) in [5.74, 6) is 0.857. The van der Waals surface area contributed by atoms with E-state index < -0.39 is 0 Å². The third-order valence-electron chi connectivity index (χ3n) is 3.09. The number of unbranched alkanes of at least 4 members (excludes halogenated alkanes) is 1. The minimum absolute atomic E-state index is 0.0344. The largest absolute Gasteiger partial charge is 0.494 e. The van der Waals surface area contributed by atoms with Gasteiger partial charge < -0.3 is 10.1 Å². The normalized spacial score (nSPS) is 10.6. The highest BCUT2D eigenvalue weighted by atomic mass is 16.5. The number of nitrogens with zero attached hydrogens (tertiary/aromatic N) is 1. The number of rotatable bonds is 9. The van der Waals surface area contributed by atoms with Crippen molar-refractivity contribution in [3.63, 3.8) is 0 Å². The Morgan fingerprint density at radius 1 is 1.20 bits per heavy atom. The molecular formula is C16H26N2O2. The van der Waals surface area contributed by atoms with Crippen molar-refractivity contribution in [2.24, 2.45) is 0 Å². The molecule has 0 aliphatic carbocycles. The van der Waals surface area contributed by atoms with Gasteiger partial charge in [-0.2, -0.15) is 0 Å². The Labute approximate surface area is 122 Å². The molecule has 0 saturated carbocycles. The van der Waals surface area contributed by atoms with Crippen LogP contribution in [0.2, 0.25) is 0 Å². The summed E-state index contributed by atoms with van der Waals surface area (Å²) in [6.07, 6.45) is 2.28. The number of benzene rings is 1. The molecule has 4 heteroatoms. The first-order valence-electron chi connectivity index (χ1n) is 7.44. The summed E-state index contributed by atoms with van der Waals surface area (Å²) >= 11 is 0. The molecule has 0 heterocycles. The molecule has 0 aliphatic rings. The summed E-state index contributed by atoms with van der Waals surface area (Å²) in [5, 5.41) is 2.92. The van der Waals surface area contributed by atoms with Gasteiger partial charge >= 0.3 is 0 Å². The van der Waals surface area contributed by atoms with E-state index in [0.717, 1.165) is 37.4 Å². The van der Waals surface area contributed by atoms with E-state index in [1.165, 1.54) is 0 Å². The van der Waals surface area contributed by atoms with Crippen LogP contribution in [0.15, 0.2) is 24.3 Å². The van der Waals surface area contributed by atoms with Gasteiger partial charge in [-0.15, -0.1) is 0 Å². The number of likely N-dealkylation sites (N-methyl/N-ethyl adjacent to an activating group) is 1. The molecule has 0 bridgehead atoms. The average Bonchev–Trinajstić information content (AvgIpc) is 2.45. The summed E-state index contributed by atoms with van der Waals surface area (Å²) in [7, 11) is 0. The molecule has 0 unspecified atom stereocenters. The molecule has 0 fully saturated rings. The van der Waals surface area contributed by atoms with Crippen LogP contribution in [0, 0.1) is 0 Å². The number of nitrogens with one attached hydrogen (secondary N) is 1. The maximum atomic E-state index is 12.0. The van der Waals surface area contributed by atoms with Gasteiger partial charge in [-0.1, -0.05) is 20.3 Å². The highest BCUT2D eigenvalue weighted by Gasteiger charge is 2.08. The van der Waals surface area contributed by atoms with Crippen LogP contribution in [0.3, 0.4) is 0 Å². The molecule has 0 atom stereocenters. The van der Waals surface area contributed by atoms with Crippen molar-refractivity contribution in [1.29, 1.82) is 0 Å². The van der Waals surface area contributed by atoms with Gasteiger partial charge in [0.2, 0.25) is 5.91 Å². The van der Waals surface area contributed by atoms with Gasteiger partial charge in [-0.25, -0.2) is 0 Å². The fraction of sp³-hybridized carbons (Fsp3) is 0.562.